The number of unbranched alkanes of at least 4 members (excludes halogenated alkanes) is 5. The van der Waals surface area contributed by atoms with Gasteiger partial charge in [0.15, 0.2) is 0 Å². The zero-order valence-corrected chi connectivity index (χ0v) is 22.7. The third-order valence-corrected chi connectivity index (χ3v) is 9.02. The largest absolute Gasteiger partial charge is 0.0804 e. The van der Waals surface area contributed by atoms with Crippen LogP contribution in [0.4, 0.5) is 0 Å². The lowest BCUT2D eigenvalue weighted by Crippen LogP contribution is -2.13. The van der Waals surface area contributed by atoms with E-state index < -0.39 is 0 Å². The van der Waals surface area contributed by atoms with Gasteiger partial charge in [-0.25, -0.2) is 0 Å². The Bertz CT molecular complexity index is 877. The van der Waals surface area contributed by atoms with E-state index in [9.17, 15) is 0 Å². The number of hydrogen-bond donors (Lipinski definition) is 0. The van der Waals surface area contributed by atoms with E-state index in [1.54, 1.807) is 11.1 Å². The Morgan fingerprint density at radius 1 is 0.571 bits per heavy atom. The molecule has 0 bridgehead atoms. The summed E-state index contributed by atoms with van der Waals surface area (Å²) in [6, 6.07) is 18.9. The molecule has 35 heavy (non-hydrogen) atoms. The first-order valence-electron chi connectivity index (χ1n) is 15.2. The van der Waals surface area contributed by atoms with Crippen molar-refractivity contribution in [2.75, 3.05) is 0 Å². The van der Waals surface area contributed by atoms with E-state index in [0.29, 0.717) is 0 Å². The van der Waals surface area contributed by atoms with Crippen LogP contribution in [0.3, 0.4) is 0 Å². The lowest BCUT2D eigenvalue weighted by molar-refractivity contribution is 0.302. The predicted octanol–water partition coefficient (Wildman–Crippen LogP) is 11.4. The SMILES string of the molecule is CCCCCC[C@H]1CC[C@H](c2ccc(-c3ccc(C4=CCC(CCCCC)CC4)cc3)cc2)CC1. The third-order valence-electron chi connectivity index (χ3n) is 9.02. The van der Waals surface area contributed by atoms with Gasteiger partial charge < -0.3 is 0 Å². The lowest BCUT2D eigenvalue weighted by atomic mass is 9.77. The molecular formula is C35H50. The molecule has 0 aliphatic heterocycles. The van der Waals surface area contributed by atoms with E-state index in [4.69, 9.17) is 0 Å². The van der Waals surface area contributed by atoms with Gasteiger partial charge in [-0.3, -0.25) is 0 Å². The molecule has 0 nitrogen and oxygen atoms in total. The molecule has 4 rings (SSSR count). The van der Waals surface area contributed by atoms with E-state index in [1.807, 2.05) is 0 Å². The molecule has 0 N–H and O–H groups in total. The Morgan fingerprint density at radius 3 is 1.77 bits per heavy atom. The Labute approximate surface area is 216 Å². The zero-order valence-electron chi connectivity index (χ0n) is 22.7. The molecule has 0 amide bonds. The molecule has 0 heterocycles. The monoisotopic (exact) mass is 470 g/mol. The Morgan fingerprint density at radius 2 is 1.14 bits per heavy atom. The van der Waals surface area contributed by atoms with E-state index in [1.165, 1.54) is 119 Å². The summed E-state index contributed by atoms with van der Waals surface area (Å²) in [5.41, 5.74) is 7.28. The van der Waals surface area contributed by atoms with Crippen LogP contribution in [0, 0.1) is 11.8 Å². The first-order chi connectivity index (χ1) is 17.3. The van der Waals surface area contributed by atoms with Gasteiger partial charge in [-0.05, 0) is 90.5 Å². The molecule has 0 heteroatoms. The van der Waals surface area contributed by atoms with Gasteiger partial charge in [-0.15, -0.1) is 0 Å². The highest BCUT2D eigenvalue weighted by atomic mass is 14.3. The van der Waals surface area contributed by atoms with Gasteiger partial charge in [0.2, 0.25) is 0 Å². The summed E-state index contributed by atoms with van der Waals surface area (Å²) in [7, 11) is 0. The van der Waals surface area contributed by atoms with Crippen molar-refractivity contribution in [2.24, 2.45) is 11.8 Å². The number of allylic oxidation sites excluding steroid dienone is 2. The van der Waals surface area contributed by atoms with Crippen LogP contribution < -0.4 is 0 Å². The predicted molar refractivity (Wildman–Crippen MR) is 155 cm³/mol. The molecule has 2 aliphatic rings. The Hall–Kier alpha value is -1.82. The second-order valence-electron chi connectivity index (χ2n) is 11.6. The molecule has 190 valence electrons. The molecule has 0 aromatic heterocycles. The summed E-state index contributed by atoms with van der Waals surface area (Å²) in [6.07, 6.45) is 24.8. The maximum absolute atomic E-state index is 2.53. The van der Waals surface area contributed by atoms with E-state index in [0.717, 1.165) is 17.8 Å². The number of rotatable bonds is 12. The maximum Gasteiger partial charge on any atom is -0.0162 e. The summed E-state index contributed by atoms with van der Waals surface area (Å²) in [6.45, 7) is 4.61. The first kappa shape index (κ1) is 26.2. The van der Waals surface area contributed by atoms with Gasteiger partial charge in [0.1, 0.15) is 0 Å². The quantitative estimate of drug-likeness (QED) is 0.270. The minimum Gasteiger partial charge on any atom is -0.0804 e. The molecular weight excluding hydrogens is 420 g/mol. The third kappa shape index (κ3) is 7.83. The molecule has 2 aromatic rings. The highest BCUT2D eigenvalue weighted by molar-refractivity contribution is 5.71. The van der Waals surface area contributed by atoms with Crippen molar-refractivity contribution in [1.29, 1.82) is 0 Å². The smallest absolute Gasteiger partial charge is 0.0162 e. The minimum absolute atomic E-state index is 0.780. The molecule has 0 spiro atoms. The molecule has 2 aliphatic carbocycles. The van der Waals surface area contributed by atoms with Crippen molar-refractivity contribution in [3.05, 3.63) is 65.7 Å². The lowest BCUT2D eigenvalue weighted by Gasteiger charge is -2.29. The van der Waals surface area contributed by atoms with Crippen LogP contribution in [0.5, 0.6) is 0 Å². The molecule has 1 atom stereocenters. The summed E-state index contributed by atoms with van der Waals surface area (Å²) < 4.78 is 0. The maximum atomic E-state index is 2.53. The molecule has 1 saturated carbocycles. The van der Waals surface area contributed by atoms with Gasteiger partial charge in [0.05, 0.1) is 0 Å². The van der Waals surface area contributed by atoms with E-state index in [2.05, 4.69) is 68.5 Å². The highest BCUT2D eigenvalue weighted by Gasteiger charge is 2.22. The van der Waals surface area contributed by atoms with Gasteiger partial charge >= 0.3 is 0 Å². The normalized spacial score (nSPS) is 22.7. The fourth-order valence-corrected chi connectivity index (χ4v) is 6.56. The van der Waals surface area contributed by atoms with Gasteiger partial charge in [0.25, 0.3) is 0 Å². The van der Waals surface area contributed by atoms with Gasteiger partial charge in [-0.1, -0.05) is 126 Å². The molecule has 0 saturated heterocycles. The average molecular weight is 471 g/mol. The van der Waals surface area contributed by atoms with Crippen molar-refractivity contribution in [3.8, 4) is 11.1 Å². The molecule has 0 radical (unpaired) electrons. The topological polar surface area (TPSA) is 0 Å². The second-order valence-corrected chi connectivity index (χ2v) is 11.6. The zero-order chi connectivity index (χ0) is 24.3. The summed E-state index contributed by atoms with van der Waals surface area (Å²) in [5, 5.41) is 0. The van der Waals surface area contributed by atoms with Crippen LogP contribution in [-0.4, -0.2) is 0 Å². The highest BCUT2D eigenvalue weighted by Crippen LogP contribution is 2.38. The van der Waals surface area contributed by atoms with Crippen LogP contribution >= 0.6 is 0 Å². The van der Waals surface area contributed by atoms with Crippen molar-refractivity contribution in [1.82, 2.24) is 0 Å². The molecule has 2 aromatic carbocycles. The summed E-state index contributed by atoms with van der Waals surface area (Å²) >= 11 is 0. The number of benzene rings is 2. The second kappa shape index (κ2) is 14.1. The first-order valence-corrected chi connectivity index (χ1v) is 15.2. The summed E-state index contributed by atoms with van der Waals surface area (Å²) in [5.74, 6) is 2.69. The van der Waals surface area contributed by atoms with Crippen molar-refractivity contribution >= 4 is 5.57 Å². The minimum atomic E-state index is 0.780. The van der Waals surface area contributed by atoms with Crippen LogP contribution in [-0.2, 0) is 0 Å². The fourth-order valence-electron chi connectivity index (χ4n) is 6.56. The van der Waals surface area contributed by atoms with Crippen molar-refractivity contribution < 1.29 is 0 Å². The number of hydrogen-bond acceptors (Lipinski definition) is 0. The van der Waals surface area contributed by atoms with E-state index >= 15 is 0 Å². The van der Waals surface area contributed by atoms with Crippen LogP contribution in [0.1, 0.15) is 134 Å². The van der Waals surface area contributed by atoms with Crippen molar-refractivity contribution in [2.45, 2.75) is 122 Å². The average Bonchev–Trinajstić information content (AvgIpc) is 2.92. The van der Waals surface area contributed by atoms with E-state index in [-0.39, 0.29) is 0 Å². The standard InChI is InChI=1S/C35H50/c1-3-5-7-9-11-29-14-18-31(19-15-29)33-22-26-35(27-23-33)34-24-20-32(21-25-34)30-16-12-28(13-17-30)10-8-6-4-2/h16,20-29,31H,3-15,17-19H2,1-2H3/t28?,29-,31-. The van der Waals surface area contributed by atoms with Crippen LogP contribution in [0.25, 0.3) is 16.7 Å². The van der Waals surface area contributed by atoms with Crippen LogP contribution in [0.2, 0.25) is 0 Å². The fraction of sp³-hybridized carbons (Fsp3) is 0.600. The molecule has 1 fully saturated rings. The van der Waals surface area contributed by atoms with Crippen LogP contribution in [0.15, 0.2) is 54.6 Å². The molecule has 1 unspecified atom stereocenters. The van der Waals surface area contributed by atoms with Gasteiger partial charge in [0, 0.05) is 0 Å². The summed E-state index contributed by atoms with van der Waals surface area (Å²) in [4.78, 5) is 0. The Kier molecular flexibility index (Phi) is 10.5. The Balaban J connectivity index is 1.26. The van der Waals surface area contributed by atoms with Crippen molar-refractivity contribution in [3.63, 3.8) is 0 Å². The van der Waals surface area contributed by atoms with Gasteiger partial charge in [-0.2, -0.15) is 0 Å².